The fraction of sp³-hybridized carbons (Fsp3) is 1.00. The average molecular weight is 314 g/mol. The van der Waals surface area contributed by atoms with Crippen LogP contribution in [-0.2, 0) is 9.47 Å². The van der Waals surface area contributed by atoms with Crippen molar-refractivity contribution in [2.75, 3.05) is 53.6 Å². The molecule has 0 aromatic heterocycles. The summed E-state index contributed by atoms with van der Waals surface area (Å²) < 4.78 is 11.1. The summed E-state index contributed by atoms with van der Waals surface area (Å²) in [5, 5.41) is 10.1. The Balaban J connectivity index is 1.56. The van der Waals surface area contributed by atoms with Crippen molar-refractivity contribution in [3.8, 4) is 0 Å². The Labute approximate surface area is 135 Å². The molecule has 5 heteroatoms. The highest BCUT2D eigenvalue weighted by molar-refractivity contribution is 4.75. The first kappa shape index (κ1) is 18.1. The van der Waals surface area contributed by atoms with Crippen molar-refractivity contribution >= 4 is 0 Å². The Kier molecular flexibility index (Phi) is 8.11. The van der Waals surface area contributed by atoms with E-state index in [1.807, 2.05) is 0 Å². The number of piperidine rings is 1. The first-order valence-electron chi connectivity index (χ1n) is 8.91. The van der Waals surface area contributed by atoms with Gasteiger partial charge in [-0.15, -0.1) is 0 Å². The van der Waals surface area contributed by atoms with E-state index in [-0.39, 0.29) is 6.10 Å². The second-order valence-electron chi connectivity index (χ2n) is 6.98. The summed E-state index contributed by atoms with van der Waals surface area (Å²) in [5.74, 6) is 0. The van der Waals surface area contributed by atoms with Gasteiger partial charge in [0.1, 0.15) is 0 Å². The number of ether oxygens (including phenoxy) is 2. The lowest BCUT2D eigenvalue weighted by Gasteiger charge is -2.33. The molecule has 0 aliphatic carbocycles. The standard InChI is InChI=1S/C17H34N2O3/c1-18(10-6-15-5-3-4-9-19(15)2)13-16(20)14-22-17-7-11-21-12-8-17/h15-17,20H,3-14H2,1-2H3. The van der Waals surface area contributed by atoms with Crippen molar-refractivity contribution in [1.29, 1.82) is 0 Å². The topological polar surface area (TPSA) is 45.2 Å². The molecule has 2 unspecified atom stereocenters. The van der Waals surface area contributed by atoms with E-state index in [4.69, 9.17) is 9.47 Å². The van der Waals surface area contributed by atoms with Crippen LogP contribution in [0.2, 0.25) is 0 Å². The van der Waals surface area contributed by atoms with Gasteiger partial charge in [-0.25, -0.2) is 0 Å². The van der Waals surface area contributed by atoms with Gasteiger partial charge in [-0.1, -0.05) is 6.42 Å². The Hall–Kier alpha value is -0.200. The Bertz CT molecular complexity index is 298. The Morgan fingerprint density at radius 1 is 1.27 bits per heavy atom. The zero-order valence-electron chi connectivity index (χ0n) is 14.4. The lowest BCUT2D eigenvalue weighted by molar-refractivity contribution is -0.0633. The third-order valence-electron chi connectivity index (χ3n) is 4.98. The molecule has 2 atom stereocenters. The summed E-state index contributed by atoms with van der Waals surface area (Å²) in [6, 6.07) is 0.715. The number of aliphatic hydroxyl groups excluding tert-OH is 1. The maximum Gasteiger partial charge on any atom is 0.0900 e. The number of hydrogen-bond acceptors (Lipinski definition) is 5. The number of likely N-dealkylation sites (N-methyl/N-ethyl adjacent to an activating group) is 1. The summed E-state index contributed by atoms with van der Waals surface area (Å²) in [7, 11) is 4.33. The molecule has 2 fully saturated rings. The molecule has 2 saturated heterocycles. The average Bonchev–Trinajstić information content (AvgIpc) is 2.53. The molecule has 2 rings (SSSR count). The van der Waals surface area contributed by atoms with Crippen LogP contribution in [0.4, 0.5) is 0 Å². The molecule has 2 aliphatic heterocycles. The van der Waals surface area contributed by atoms with Crippen LogP contribution in [0.15, 0.2) is 0 Å². The third-order valence-corrected chi connectivity index (χ3v) is 4.98. The molecule has 2 aliphatic rings. The monoisotopic (exact) mass is 314 g/mol. The largest absolute Gasteiger partial charge is 0.389 e. The van der Waals surface area contributed by atoms with Crippen LogP contribution in [0.1, 0.15) is 38.5 Å². The van der Waals surface area contributed by atoms with E-state index in [9.17, 15) is 5.11 Å². The molecule has 5 nitrogen and oxygen atoms in total. The van der Waals surface area contributed by atoms with Crippen LogP contribution >= 0.6 is 0 Å². The van der Waals surface area contributed by atoms with Crippen LogP contribution in [0.25, 0.3) is 0 Å². The number of aliphatic hydroxyl groups is 1. The van der Waals surface area contributed by atoms with Gasteiger partial charge in [0.2, 0.25) is 0 Å². The van der Waals surface area contributed by atoms with E-state index >= 15 is 0 Å². The van der Waals surface area contributed by atoms with E-state index in [1.54, 1.807) is 0 Å². The van der Waals surface area contributed by atoms with Crippen LogP contribution in [0.3, 0.4) is 0 Å². The molecular weight excluding hydrogens is 280 g/mol. The van der Waals surface area contributed by atoms with Crippen LogP contribution in [0, 0.1) is 0 Å². The second-order valence-corrected chi connectivity index (χ2v) is 6.98. The fourth-order valence-electron chi connectivity index (χ4n) is 3.47. The summed E-state index contributed by atoms with van der Waals surface area (Å²) >= 11 is 0. The van der Waals surface area contributed by atoms with Gasteiger partial charge in [-0.2, -0.15) is 0 Å². The minimum Gasteiger partial charge on any atom is -0.389 e. The Morgan fingerprint density at radius 2 is 2.05 bits per heavy atom. The van der Waals surface area contributed by atoms with Gasteiger partial charge in [0.25, 0.3) is 0 Å². The maximum atomic E-state index is 10.1. The molecule has 0 aromatic carbocycles. The van der Waals surface area contributed by atoms with Crippen LogP contribution in [0.5, 0.6) is 0 Å². The molecule has 1 N–H and O–H groups in total. The van der Waals surface area contributed by atoms with Gasteiger partial charge in [-0.3, -0.25) is 0 Å². The predicted molar refractivity (Wildman–Crippen MR) is 88.2 cm³/mol. The van der Waals surface area contributed by atoms with Gasteiger partial charge in [0.15, 0.2) is 0 Å². The number of nitrogens with zero attached hydrogens (tertiary/aromatic N) is 2. The molecule has 0 bridgehead atoms. The zero-order chi connectivity index (χ0) is 15.8. The van der Waals surface area contributed by atoms with Gasteiger partial charge in [0.05, 0.1) is 18.8 Å². The highest BCUT2D eigenvalue weighted by Gasteiger charge is 2.20. The van der Waals surface area contributed by atoms with Crippen molar-refractivity contribution in [2.45, 2.75) is 56.8 Å². The van der Waals surface area contributed by atoms with Gasteiger partial charge < -0.3 is 24.4 Å². The summed E-state index contributed by atoms with van der Waals surface area (Å²) in [5.41, 5.74) is 0. The SMILES string of the molecule is CN(CCC1CCCCN1C)CC(O)COC1CCOCC1. The number of likely N-dealkylation sites (tertiary alicyclic amines) is 1. The molecule has 2 heterocycles. The summed E-state index contributed by atoms with van der Waals surface area (Å²) in [4.78, 5) is 4.72. The second kappa shape index (κ2) is 9.83. The van der Waals surface area contributed by atoms with Crippen molar-refractivity contribution in [3.05, 3.63) is 0 Å². The molecule has 0 spiro atoms. The Morgan fingerprint density at radius 3 is 2.77 bits per heavy atom. The van der Waals surface area contributed by atoms with Crippen molar-refractivity contribution in [3.63, 3.8) is 0 Å². The lowest BCUT2D eigenvalue weighted by Crippen LogP contribution is -2.40. The quantitative estimate of drug-likeness (QED) is 0.733. The first-order chi connectivity index (χ1) is 10.6. The van der Waals surface area contributed by atoms with E-state index in [2.05, 4.69) is 23.9 Å². The van der Waals surface area contributed by atoms with E-state index < -0.39 is 6.10 Å². The summed E-state index contributed by atoms with van der Waals surface area (Å²) in [6.07, 6.45) is 7.00. The van der Waals surface area contributed by atoms with Crippen LogP contribution < -0.4 is 0 Å². The minimum atomic E-state index is -0.392. The number of rotatable bonds is 8. The summed E-state index contributed by atoms with van der Waals surface area (Å²) in [6.45, 7) is 4.99. The van der Waals surface area contributed by atoms with Crippen molar-refractivity contribution < 1.29 is 14.6 Å². The third kappa shape index (κ3) is 6.50. The fourth-order valence-corrected chi connectivity index (χ4v) is 3.47. The van der Waals surface area contributed by atoms with Crippen molar-refractivity contribution in [1.82, 2.24) is 9.80 Å². The highest BCUT2D eigenvalue weighted by atomic mass is 16.5. The van der Waals surface area contributed by atoms with E-state index in [0.29, 0.717) is 19.2 Å². The molecule has 0 aromatic rings. The van der Waals surface area contributed by atoms with Gasteiger partial charge in [0, 0.05) is 25.8 Å². The number of hydrogen-bond donors (Lipinski definition) is 1. The highest BCUT2D eigenvalue weighted by Crippen LogP contribution is 2.18. The zero-order valence-corrected chi connectivity index (χ0v) is 14.4. The normalized spacial score (nSPS) is 26.5. The maximum absolute atomic E-state index is 10.1. The minimum absolute atomic E-state index is 0.268. The first-order valence-corrected chi connectivity index (χ1v) is 8.91. The molecule has 22 heavy (non-hydrogen) atoms. The molecule has 130 valence electrons. The van der Waals surface area contributed by atoms with Crippen LogP contribution in [-0.4, -0.2) is 86.7 Å². The van der Waals surface area contributed by atoms with Gasteiger partial charge >= 0.3 is 0 Å². The van der Waals surface area contributed by atoms with E-state index in [1.165, 1.54) is 32.2 Å². The predicted octanol–water partition coefficient (Wildman–Crippen LogP) is 1.35. The molecule has 0 amide bonds. The molecule has 0 saturated carbocycles. The van der Waals surface area contributed by atoms with E-state index in [0.717, 1.165) is 32.6 Å². The van der Waals surface area contributed by atoms with Gasteiger partial charge in [-0.05, 0) is 59.3 Å². The smallest absolute Gasteiger partial charge is 0.0900 e. The molecule has 0 radical (unpaired) electrons. The lowest BCUT2D eigenvalue weighted by atomic mass is 10.00. The molecular formula is C17H34N2O3. The van der Waals surface area contributed by atoms with Crippen molar-refractivity contribution in [2.24, 2.45) is 0 Å².